The Labute approximate surface area is 222 Å². The highest BCUT2D eigenvalue weighted by Crippen LogP contribution is 2.36. The molecule has 190 valence electrons. The first-order valence-corrected chi connectivity index (χ1v) is 12.2. The molecule has 2 aromatic heterocycles. The first kappa shape index (κ1) is 25.0. The van der Waals surface area contributed by atoms with Gasteiger partial charge in [-0.25, -0.2) is 9.67 Å². The monoisotopic (exact) mass is 528 g/mol. The van der Waals surface area contributed by atoms with E-state index >= 15 is 0 Å². The molecular weight excluding hydrogens is 508 g/mol. The Morgan fingerprint density at radius 3 is 2.74 bits per heavy atom. The van der Waals surface area contributed by atoms with Gasteiger partial charge in [-0.15, -0.1) is 11.5 Å². The maximum atomic E-state index is 13.6. The predicted molar refractivity (Wildman–Crippen MR) is 137 cm³/mol. The van der Waals surface area contributed by atoms with E-state index in [0.29, 0.717) is 12.0 Å². The molecule has 1 saturated carbocycles. The molecule has 1 fully saturated rings. The molecule has 2 amide bonds. The van der Waals surface area contributed by atoms with Crippen molar-refractivity contribution in [3.05, 3.63) is 63.4 Å². The third kappa shape index (κ3) is 4.47. The summed E-state index contributed by atoms with van der Waals surface area (Å²) in [6, 6.07) is 7.63. The molecule has 1 atom stereocenters. The Balaban J connectivity index is 1.60. The lowest BCUT2D eigenvalue weighted by atomic mass is 9.95. The van der Waals surface area contributed by atoms with Crippen LogP contribution in [0, 0.1) is 29.6 Å². The van der Waals surface area contributed by atoms with Crippen molar-refractivity contribution in [3.63, 3.8) is 0 Å². The topological polar surface area (TPSA) is 139 Å². The Bertz CT molecular complexity index is 1580. The molecule has 1 unspecified atom stereocenters. The Hall–Kier alpha value is -4.67. The van der Waals surface area contributed by atoms with Gasteiger partial charge in [-0.3, -0.25) is 14.4 Å². The van der Waals surface area contributed by atoms with E-state index in [1.54, 1.807) is 18.2 Å². The quantitative estimate of drug-likeness (QED) is 0.448. The van der Waals surface area contributed by atoms with E-state index in [1.165, 1.54) is 24.1 Å². The molecule has 11 heteroatoms. The largest absolute Gasteiger partial charge is 0.480 e. The molecule has 2 aliphatic rings. The summed E-state index contributed by atoms with van der Waals surface area (Å²) >= 11 is 6.30. The number of Topliss-reactive ketones (excluding diaryl/α,β-unsaturated/α-hetero) is 1. The number of pyridine rings is 1. The number of nitrogens with zero attached hydrogens (tertiary/aromatic N) is 4. The fourth-order valence-corrected chi connectivity index (χ4v) is 4.69. The summed E-state index contributed by atoms with van der Waals surface area (Å²) in [7, 11) is 1.39. The molecule has 38 heavy (non-hydrogen) atoms. The van der Waals surface area contributed by atoms with Gasteiger partial charge in [-0.05, 0) is 48.9 Å². The number of ether oxygens (including phenoxy) is 1. The van der Waals surface area contributed by atoms with Crippen molar-refractivity contribution in [2.45, 2.75) is 31.7 Å². The van der Waals surface area contributed by atoms with Crippen molar-refractivity contribution in [2.24, 2.45) is 5.92 Å². The highest BCUT2D eigenvalue weighted by Gasteiger charge is 2.36. The summed E-state index contributed by atoms with van der Waals surface area (Å²) in [6.45, 7) is 0. The number of nitrogens with one attached hydrogen (secondary N) is 2. The number of terminal acetylenes is 1. The summed E-state index contributed by atoms with van der Waals surface area (Å²) in [5.74, 6) is 1.28. The van der Waals surface area contributed by atoms with Crippen LogP contribution in [-0.2, 0) is 6.42 Å². The Kier molecular flexibility index (Phi) is 6.58. The van der Waals surface area contributed by atoms with Crippen molar-refractivity contribution in [1.82, 2.24) is 20.1 Å². The van der Waals surface area contributed by atoms with E-state index < -0.39 is 17.9 Å². The molecule has 10 nitrogen and oxygen atoms in total. The van der Waals surface area contributed by atoms with Crippen LogP contribution in [0.5, 0.6) is 5.88 Å². The van der Waals surface area contributed by atoms with Crippen LogP contribution in [0.2, 0.25) is 5.02 Å². The van der Waals surface area contributed by atoms with E-state index in [2.05, 4.69) is 32.7 Å². The lowest BCUT2D eigenvalue weighted by molar-refractivity contribution is 0.0927. The zero-order valence-corrected chi connectivity index (χ0v) is 21.0. The standard InChI is InChI=1S/C27H21ClN6O4/c1-3-14-11-16-8-9-20(35)22(16)23(27(37)31-18(13-29)15-6-7-15)24(14)32-26(36)19-12-21(38-2)33-34(19)25-17(28)5-4-10-30-25/h1,4-5,10-12,15,18H,6-9H2,2H3,(H,31,37)(H,32,36). The maximum Gasteiger partial charge on any atom is 0.274 e. The van der Waals surface area contributed by atoms with Crippen molar-refractivity contribution in [2.75, 3.05) is 12.4 Å². The first-order valence-electron chi connectivity index (χ1n) is 11.8. The van der Waals surface area contributed by atoms with Crippen LogP contribution in [0.3, 0.4) is 0 Å². The molecule has 3 aromatic rings. The average Bonchev–Trinajstić information content (AvgIpc) is 3.57. The summed E-state index contributed by atoms with van der Waals surface area (Å²) in [5, 5.41) is 19.5. The van der Waals surface area contributed by atoms with Crippen molar-refractivity contribution in [1.29, 1.82) is 5.26 Å². The van der Waals surface area contributed by atoms with Crippen LogP contribution >= 0.6 is 11.6 Å². The van der Waals surface area contributed by atoms with Crippen LogP contribution in [0.25, 0.3) is 5.82 Å². The van der Waals surface area contributed by atoms with Crippen LogP contribution < -0.4 is 15.4 Å². The SMILES string of the molecule is C#Cc1cc2c(c(C(=O)NC(C#N)C3CC3)c1NC(=O)c1cc(OC)nn1-c1ncccc1Cl)C(=O)CC2. The van der Waals surface area contributed by atoms with Gasteiger partial charge in [0.25, 0.3) is 11.8 Å². The van der Waals surface area contributed by atoms with Gasteiger partial charge < -0.3 is 15.4 Å². The Morgan fingerprint density at radius 1 is 1.29 bits per heavy atom. The normalized spacial score (nSPS) is 14.7. The lowest BCUT2D eigenvalue weighted by Gasteiger charge is -2.19. The van der Waals surface area contributed by atoms with Crippen LogP contribution in [-0.4, -0.2) is 45.5 Å². The molecule has 0 bridgehead atoms. The number of amides is 2. The van der Waals surface area contributed by atoms with Gasteiger partial charge >= 0.3 is 0 Å². The minimum Gasteiger partial charge on any atom is -0.480 e. The Morgan fingerprint density at radius 2 is 2.08 bits per heavy atom. The second-order valence-corrected chi connectivity index (χ2v) is 9.35. The number of nitriles is 1. The second-order valence-electron chi connectivity index (χ2n) is 8.94. The summed E-state index contributed by atoms with van der Waals surface area (Å²) in [5.41, 5.74) is 0.986. The highest BCUT2D eigenvalue weighted by atomic mass is 35.5. The number of benzene rings is 1. The number of aromatic nitrogens is 3. The summed E-state index contributed by atoms with van der Waals surface area (Å²) in [4.78, 5) is 44.2. The average molecular weight is 529 g/mol. The molecular formula is C27H21ClN6O4. The van der Waals surface area contributed by atoms with Gasteiger partial charge in [0.15, 0.2) is 11.6 Å². The molecule has 2 N–H and O–H groups in total. The zero-order valence-electron chi connectivity index (χ0n) is 20.2. The highest BCUT2D eigenvalue weighted by molar-refractivity contribution is 6.32. The van der Waals surface area contributed by atoms with Gasteiger partial charge in [-0.1, -0.05) is 17.5 Å². The number of hydrogen-bond donors (Lipinski definition) is 2. The second kappa shape index (κ2) is 10.0. The van der Waals surface area contributed by atoms with E-state index in [1.807, 2.05) is 0 Å². The summed E-state index contributed by atoms with van der Waals surface area (Å²) < 4.78 is 6.42. The smallest absolute Gasteiger partial charge is 0.274 e. The fraction of sp³-hybridized carbons (Fsp3) is 0.259. The van der Waals surface area contributed by atoms with Gasteiger partial charge in [0.1, 0.15) is 11.7 Å². The third-order valence-corrected chi connectivity index (χ3v) is 6.81. The van der Waals surface area contributed by atoms with Crippen LogP contribution in [0.15, 0.2) is 30.5 Å². The van der Waals surface area contributed by atoms with Gasteiger partial charge in [-0.2, -0.15) is 5.26 Å². The minimum absolute atomic E-state index is 0.00325. The zero-order chi connectivity index (χ0) is 27.0. The molecule has 0 aliphatic heterocycles. The first-order chi connectivity index (χ1) is 18.4. The number of hydrogen-bond acceptors (Lipinski definition) is 7. The maximum absolute atomic E-state index is 13.6. The molecule has 2 heterocycles. The van der Waals surface area contributed by atoms with E-state index in [0.717, 1.165) is 12.8 Å². The lowest BCUT2D eigenvalue weighted by Crippen LogP contribution is -2.37. The van der Waals surface area contributed by atoms with E-state index in [-0.39, 0.29) is 62.9 Å². The molecule has 0 saturated heterocycles. The molecule has 5 rings (SSSR count). The van der Waals surface area contributed by atoms with Crippen molar-refractivity contribution >= 4 is 34.9 Å². The number of rotatable bonds is 7. The predicted octanol–water partition coefficient (Wildman–Crippen LogP) is 3.32. The number of carbonyl (C=O) groups is 3. The van der Waals surface area contributed by atoms with Crippen molar-refractivity contribution in [3.8, 4) is 30.1 Å². The van der Waals surface area contributed by atoms with Gasteiger partial charge in [0, 0.05) is 29.8 Å². The number of ketones is 1. The number of fused-ring (bicyclic) bond motifs is 1. The number of halogens is 1. The summed E-state index contributed by atoms with van der Waals surface area (Å²) in [6.07, 6.45) is 9.56. The molecule has 0 radical (unpaired) electrons. The van der Waals surface area contributed by atoms with Crippen molar-refractivity contribution < 1.29 is 19.1 Å². The number of anilines is 1. The number of aryl methyl sites for hydroxylation is 1. The van der Waals surface area contributed by atoms with Crippen LogP contribution in [0.1, 0.15) is 61.6 Å². The third-order valence-electron chi connectivity index (χ3n) is 6.52. The van der Waals surface area contributed by atoms with Gasteiger partial charge in [0.2, 0.25) is 5.88 Å². The van der Waals surface area contributed by atoms with E-state index in [9.17, 15) is 19.6 Å². The van der Waals surface area contributed by atoms with E-state index in [4.69, 9.17) is 22.8 Å². The number of methoxy groups -OCH3 is 1. The molecule has 2 aliphatic carbocycles. The van der Waals surface area contributed by atoms with Crippen LogP contribution in [0.4, 0.5) is 5.69 Å². The fourth-order valence-electron chi connectivity index (χ4n) is 4.49. The molecule has 0 spiro atoms. The molecule has 1 aromatic carbocycles. The number of carbonyl (C=O) groups excluding carboxylic acids is 3. The minimum atomic E-state index is -0.718. The van der Waals surface area contributed by atoms with Gasteiger partial charge in [0.05, 0.1) is 29.5 Å².